The fourth-order valence-electron chi connectivity index (χ4n) is 2.90. The van der Waals surface area contributed by atoms with Gasteiger partial charge in [0, 0.05) is 16.7 Å². The van der Waals surface area contributed by atoms with E-state index in [1.54, 1.807) is 0 Å². The number of hydrogen-bond acceptors (Lipinski definition) is 4. The Balaban J connectivity index is 1.45. The number of amides is 1. The lowest BCUT2D eigenvalue weighted by Gasteiger charge is -2.32. The largest absolute Gasteiger partial charge is 0.443 e. The third kappa shape index (κ3) is 3.92. The molecular formula is C16H22N2O2S. The highest BCUT2D eigenvalue weighted by Gasteiger charge is 2.27. The van der Waals surface area contributed by atoms with Gasteiger partial charge in [0.2, 0.25) is 0 Å². The maximum Gasteiger partial charge on any atom is 0.407 e. The van der Waals surface area contributed by atoms with Crippen molar-refractivity contribution in [2.75, 3.05) is 26.2 Å². The fourth-order valence-corrected chi connectivity index (χ4v) is 4.12. The van der Waals surface area contributed by atoms with E-state index in [0.717, 1.165) is 19.6 Å². The lowest BCUT2D eigenvalue weighted by molar-refractivity contribution is 0.101. The smallest absolute Gasteiger partial charge is 0.407 e. The molecule has 2 aliphatic rings. The van der Waals surface area contributed by atoms with Gasteiger partial charge in [0.25, 0.3) is 0 Å². The molecule has 1 atom stereocenters. The minimum atomic E-state index is -0.273. The molecule has 0 bridgehead atoms. The minimum absolute atomic E-state index is 0.0260. The SMILES string of the molecule is Cc1ccccc1SC1CCN(CC2CNC(=O)O2)CC1. The number of likely N-dealkylation sites (tertiary alicyclic amines) is 1. The molecule has 0 radical (unpaired) electrons. The van der Waals surface area contributed by atoms with E-state index in [1.807, 2.05) is 11.8 Å². The Kier molecular flexibility index (Phi) is 4.70. The number of hydrogen-bond donors (Lipinski definition) is 1. The highest BCUT2D eigenvalue weighted by molar-refractivity contribution is 8.00. The Morgan fingerprint density at radius 1 is 1.33 bits per heavy atom. The Morgan fingerprint density at radius 3 is 2.76 bits per heavy atom. The number of alkyl carbamates (subject to hydrolysis) is 1. The first kappa shape index (κ1) is 14.7. The van der Waals surface area contributed by atoms with Gasteiger partial charge in [-0.15, -0.1) is 11.8 Å². The van der Waals surface area contributed by atoms with Crippen LogP contribution in [-0.4, -0.2) is 48.5 Å². The summed E-state index contributed by atoms with van der Waals surface area (Å²) in [6.07, 6.45) is 2.16. The Labute approximate surface area is 130 Å². The number of piperidine rings is 1. The zero-order valence-corrected chi connectivity index (χ0v) is 13.2. The Morgan fingerprint density at radius 2 is 2.10 bits per heavy atom. The number of thioether (sulfide) groups is 1. The second kappa shape index (κ2) is 6.71. The molecule has 1 N–H and O–H groups in total. The number of rotatable bonds is 4. The first-order valence-electron chi connectivity index (χ1n) is 7.60. The van der Waals surface area contributed by atoms with E-state index in [1.165, 1.54) is 23.3 Å². The molecule has 1 amide bonds. The van der Waals surface area contributed by atoms with Crippen molar-refractivity contribution in [3.05, 3.63) is 29.8 Å². The van der Waals surface area contributed by atoms with E-state index < -0.39 is 0 Å². The lowest BCUT2D eigenvalue weighted by atomic mass is 10.1. The van der Waals surface area contributed by atoms with Crippen LogP contribution in [0.4, 0.5) is 4.79 Å². The van der Waals surface area contributed by atoms with Gasteiger partial charge in [0.1, 0.15) is 6.10 Å². The van der Waals surface area contributed by atoms with Crippen molar-refractivity contribution in [1.82, 2.24) is 10.2 Å². The van der Waals surface area contributed by atoms with E-state index in [2.05, 4.69) is 41.4 Å². The third-order valence-corrected chi connectivity index (χ3v) is 5.65. The molecule has 2 fully saturated rings. The van der Waals surface area contributed by atoms with Crippen molar-refractivity contribution >= 4 is 17.9 Å². The van der Waals surface area contributed by atoms with Gasteiger partial charge in [-0.05, 0) is 44.5 Å². The van der Waals surface area contributed by atoms with Crippen molar-refractivity contribution < 1.29 is 9.53 Å². The van der Waals surface area contributed by atoms with Crippen LogP contribution in [0.5, 0.6) is 0 Å². The number of ether oxygens (including phenoxy) is 1. The normalized spacial score (nSPS) is 23.9. The topological polar surface area (TPSA) is 41.6 Å². The van der Waals surface area contributed by atoms with Crippen LogP contribution in [0.3, 0.4) is 0 Å². The summed E-state index contributed by atoms with van der Waals surface area (Å²) in [6, 6.07) is 8.61. The number of nitrogens with zero attached hydrogens (tertiary/aromatic N) is 1. The number of nitrogens with one attached hydrogen (secondary N) is 1. The Bertz CT molecular complexity index is 501. The number of carbonyl (C=O) groups is 1. The average molecular weight is 306 g/mol. The molecule has 2 saturated heterocycles. The highest BCUT2D eigenvalue weighted by atomic mass is 32.2. The predicted octanol–water partition coefficient (Wildman–Crippen LogP) is 2.66. The number of carbonyl (C=O) groups excluding carboxylic acids is 1. The standard InChI is InChI=1S/C16H22N2O2S/c1-12-4-2-3-5-15(12)21-14-6-8-18(9-7-14)11-13-10-17-16(19)20-13/h2-5,13-14H,6-11H2,1H3,(H,17,19). The van der Waals surface area contributed by atoms with Crippen molar-refractivity contribution in [3.63, 3.8) is 0 Å². The van der Waals surface area contributed by atoms with E-state index in [4.69, 9.17) is 4.74 Å². The summed E-state index contributed by atoms with van der Waals surface area (Å²) in [4.78, 5) is 14.9. The van der Waals surface area contributed by atoms with Crippen LogP contribution in [0.1, 0.15) is 18.4 Å². The van der Waals surface area contributed by atoms with Gasteiger partial charge in [-0.3, -0.25) is 4.90 Å². The van der Waals surface area contributed by atoms with Crippen LogP contribution in [0, 0.1) is 6.92 Å². The van der Waals surface area contributed by atoms with Crippen LogP contribution in [0.15, 0.2) is 29.2 Å². The zero-order valence-electron chi connectivity index (χ0n) is 12.4. The van der Waals surface area contributed by atoms with E-state index >= 15 is 0 Å². The summed E-state index contributed by atoms with van der Waals surface area (Å²) in [5, 5.41) is 3.42. The monoisotopic (exact) mass is 306 g/mol. The van der Waals surface area contributed by atoms with Gasteiger partial charge in [-0.1, -0.05) is 18.2 Å². The summed E-state index contributed by atoms with van der Waals surface area (Å²) >= 11 is 2.01. The van der Waals surface area contributed by atoms with Crippen LogP contribution >= 0.6 is 11.8 Å². The van der Waals surface area contributed by atoms with E-state index in [9.17, 15) is 4.79 Å². The van der Waals surface area contributed by atoms with Crippen LogP contribution < -0.4 is 5.32 Å². The van der Waals surface area contributed by atoms with Gasteiger partial charge < -0.3 is 10.1 Å². The van der Waals surface area contributed by atoms with E-state index in [0.29, 0.717) is 11.8 Å². The molecule has 1 unspecified atom stereocenters. The molecule has 0 saturated carbocycles. The lowest BCUT2D eigenvalue weighted by Crippen LogP contribution is -2.40. The molecule has 1 aromatic rings. The highest BCUT2D eigenvalue weighted by Crippen LogP contribution is 2.32. The Hall–Kier alpha value is -1.20. The second-order valence-corrected chi connectivity index (χ2v) is 7.13. The molecule has 2 heterocycles. The molecular weight excluding hydrogens is 284 g/mol. The maximum absolute atomic E-state index is 11.0. The summed E-state index contributed by atoms with van der Waals surface area (Å²) in [6.45, 7) is 5.88. The first-order valence-corrected chi connectivity index (χ1v) is 8.48. The van der Waals surface area contributed by atoms with Crippen molar-refractivity contribution in [1.29, 1.82) is 0 Å². The van der Waals surface area contributed by atoms with Gasteiger partial charge >= 0.3 is 6.09 Å². The predicted molar refractivity (Wildman–Crippen MR) is 84.8 cm³/mol. The van der Waals surface area contributed by atoms with Crippen LogP contribution in [0.2, 0.25) is 0 Å². The van der Waals surface area contributed by atoms with E-state index in [-0.39, 0.29) is 12.2 Å². The number of aryl methyl sites for hydroxylation is 1. The first-order chi connectivity index (χ1) is 10.2. The quantitative estimate of drug-likeness (QED) is 0.928. The van der Waals surface area contributed by atoms with Crippen molar-refractivity contribution in [3.8, 4) is 0 Å². The number of benzene rings is 1. The van der Waals surface area contributed by atoms with Crippen molar-refractivity contribution in [2.45, 2.75) is 36.0 Å². The molecule has 4 nitrogen and oxygen atoms in total. The summed E-state index contributed by atoms with van der Waals surface area (Å²) in [5.74, 6) is 0. The molecule has 0 aliphatic carbocycles. The zero-order chi connectivity index (χ0) is 14.7. The molecule has 0 aromatic heterocycles. The third-order valence-electron chi connectivity index (χ3n) is 4.13. The second-order valence-electron chi connectivity index (χ2n) is 5.79. The number of cyclic esters (lactones) is 1. The maximum atomic E-state index is 11.0. The van der Waals surface area contributed by atoms with Crippen LogP contribution in [-0.2, 0) is 4.74 Å². The minimum Gasteiger partial charge on any atom is -0.443 e. The fraction of sp³-hybridized carbons (Fsp3) is 0.562. The molecule has 1 aromatic carbocycles. The molecule has 2 aliphatic heterocycles. The average Bonchev–Trinajstić information content (AvgIpc) is 2.89. The van der Waals surface area contributed by atoms with Gasteiger partial charge in [0.05, 0.1) is 6.54 Å². The molecule has 0 spiro atoms. The molecule has 5 heteroatoms. The summed E-state index contributed by atoms with van der Waals surface area (Å²) in [5.41, 5.74) is 1.37. The van der Waals surface area contributed by atoms with Crippen LogP contribution in [0.25, 0.3) is 0 Å². The molecule has 21 heavy (non-hydrogen) atoms. The van der Waals surface area contributed by atoms with Crippen molar-refractivity contribution in [2.24, 2.45) is 0 Å². The van der Waals surface area contributed by atoms with Gasteiger partial charge in [0.15, 0.2) is 0 Å². The van der Waals surface area contributed by atoms with Gasteiger partial charge in [-0.2, -0.15) is 0 Å². The van der Waals surface area contributed by atoms with Gasteiger partial charge in [-0.25, -0.2) is 4.79 Å². The molecule has 3 rings (SSSR count). The summed E-state index contributed by atoms with van der Waals surface area (Å²) in [7, 11) is 0. The summed E-state index contributed by atoms with van der Waals surface area (Å²) < 4.78 is 5.21. The molecule has 114 valence electrons.